The Hall–Kier alpha value is -4.19. The molecule has 0 aliphatic rings. The Kier molecular flexibility index (Phi) is 45.1. The molecular weight excluding hydrogens is 757 g/mol. The average Bonchev–Trinajstić information content (AvgIpc) is 3.26. The molecule has 0 aromatic heterocycles. The highest BCUT2D eigenvalue weighted by Gasteiger charge is 2.19. The Morgan fingerprint density at radius 2 is 0.672 bits per heavy atom. The molecule has 1 unspecified atom stereocenters. The first-order chi connectivity index (χ1) is 30.0. The lowest BCUT2D eigenvalue weighted by Gasteiger charge is -2.18. The molecular formula is C55H86O6. The van der Waals surface area contributed by atoms with Gasteiger partial charge in [0.05, 0.1) is 0 Å². The van der Waals surface area contributed by atoms with Crippen LogP contribution in [0.1, 0.15) is 188 Å². The number of unbranched alkanes of at least 4 members (excludes halogenated alkanes) is 13. The molecule has 0 rings (SSSR count). The van der Waals surface area contributed by atoms with Gasteiger partial charge < -0.3 is 14.2 Å². The van der Waals surface area contributed by atoms with Crippen LogP contribution in [0.3, 0.4) is 0 Å². The van der Waals surface area contributed by atoms with Gasteiger partial charge in [0.1, 0.15) is 13.2 Å². The minimum atomic E-state index is -0.814. The van der Waals surface area contributed by atoms with E-state index < -0.39 is 6.10 Å². The van der Waals surface area contributed by atoms with E-state index in [0.29, 0.717) is 19.3 Å². The van der Waals surface area contributed by atoms with Crippen molar-refractivity contribution in [1.82, 2.24) is 0 Å². The van der Waals surface area contributed by atoms with Gasteiger partial charge in [0.15, 0.2) is 6.10 Å². The predicted octanol–water partition coefficient (Wildman–Crippen LogP) is 15.7. The van der Waals surface area contributed by atoms with Gasteiger partial charge in [-0.05, 0) is 103 Å². The molecule has 6 nitrogen and oxygen atoms in total. The van der Waals surface area contributed by atoms with Crippen LogP contribution in [0, 0.1) is 0 Å². The van der Waals surface area contributed by atoms with Crippen LogP contribution >= 0.6 is 0 Å². The lowest BCUT2D eigenvalue weighted by atomic mass is 10.1. The molecule has 61 heavy (non-hydrogen) atoms. The van der Waals surface area contributed by atoms with Gasteiger partial charge in [-0.1, -0.05) is 187 Å². The van der Waals surface area contributed by atoms with Crippen molar-refractivity contribution in [3.8, 4) is 0 Å². The molecule has 1 atom stereocenters. The molecule has 0 saturated heterocycles. The van der Waals surface area contributed by atoms with Crippen molar-refractivity contribution in [2.24, 2.45) is 0 Å². The zero-order chi connectivity index (χ0) is 44.4. The van der Waals surface area contributed by atoms with Gasteiger partial charge in [0.25, 0.3) is 0 Å². The molecule has 0 spiro atoms. The smallest absolute Gasteiger partial charge is 0.306 e. The number of allylic oxidation sites excluding steroid dienone is 20. The summed E-state index contributed by atoms with van der Waals surface area (Å²) in [6, 6.07) is 0. The summed E-state index contributed by atoms with van der Waals surface area (Å²) in [6.45, 7) is 6.18. The molecule has 0 amide bonds. The molecule has 0 radical (unpaired) electrons. The Bertz CT molecular complexity index is 1340. The third-order valence-corrected chi connectivity index (χ3v) is 9.54. The number of carbonyl (C=O) groups is 3. The van der Waals surface area contributed by atoms with Gasteiger partial charge in [0.2, 0.25) is 0 Å². The second kappa shape index (κ2) is 48.5. The molecule has 342 valence electrons. The van der Waals surface area contributed by atoms with Crippen molar-refractivity contribution in [3.05, 3.63) is 122 Å². The van der Waals surface area contributed by atoms with Crippen molar-refractivity contribution >= 4 is 17.9 Å². The Balaban J connectivity index is 4.54. The molecule has 0 aromatic rings. The summed E-state index contributed by atoms with van der Waals surface area (Å²) < 4.78 is 16.7. The quantitative estimate of drug-likeness (QED) is 0.0201. The van der Waals surface area contributed by atoms with Gasteiger partial charge in [0, 0.05) is 19.3 Å². The highest BCUT2D eigenvalue weighted by Crippen LogP contribution is 2.13. The van der Waals surface area contributed by atoms with Gasteiger partial charge >= 0.3 is 17.9 Å². The van der Waals surface area contributed by atoms with Crippen molar-refractivity contribution in [1.29, 1.82) is 0 Å². The topological polar surface area (TPSA) is 78.9 Å². The number of hydrogen-bond donors (Lipinski definition) is 0. The summed E-state index contributed by atoms with van der Waals surface area (Å²) in [4.78, 5) is 37.9. The van der Waals surface area contributed by atoms with Crippen LogP contribution in [0.25, 0.3) is 0 Å². The van der Waals surface area contributed by atoms with E-state index >= 15 is 0 Å². The van der Waals surface area contributed by atoms with Crippen LogP contribution in [0.5, 0.6) is 0 Å². The zero-order valence-corrected chi connectivity index (χ0v) is 38.9. The molecule has 0 heterocycles. The summed E-state index contributed by atoms with van der Waals surface area (Å²) in [7, 11) is 0. The van der Waals surface area contributed by atoms with E-state index in [2.05, 4.69) is 106 Å². The van der Waals surface area contributed by atoms with Gasteiger partial charge in [-0.15, -0.1) is 0 Å². The Labute approximate surface area is 373 Å². The normalized spacial score (nSPS) is 13.2. The van der Waals surface area contributed by atoms with Crippen molar-refractivity contribution < 1.29 is 28.6 Å². The largest absolute Gasteiger partial charge is 0.462 e. The minimum Gasteiger partial charge on any atom is -0.462 e. The SMILES string of the molecule is CC\C=C/C=C\C=C/C=C\CCCCCC(=O)OCC(COC(=O)CCCCC/C=C\C/C=C\C/C=C\C/C=C\CC)OC(=O)CCCCCCCCC/C=C\C/C=C\CC. The average molecular weight is 843 g/mol. The Morgan fingerprint density at radius 3 is 1.13 bits per heavy atom. The molecule has 6 heteroatoms. The van der Waals surface area contributed by atoms with E-state index in [9.17, 15) is 14.4 Å². The Morgan fingerprint density at radius 1 is 0.344 bits per heavy atom. The molecule has 0 aromatic carbocycles. The monoisotopic (exact) mass is 843 g/mol. The molecule has 0 fully saturated rings. The van der Waals surface area contributed by atoms with Gasteiger partial charge in [-0.3, -0.25) is 14.4 Å². The van der Waals surface area contributed by atoms with Crippen LogP contribution in [0.2, 0.25) is 0 Å². The van der Waals surface area contributed by atoms with Gasteiger partial charge in [-0.25, -0.2) is 0 Å². The molecule has 0 aliphatic heterocycles. The summed E-state index contributed by atoms with van der Waals surface area (Å²) in [5.41, 5.74) is 0. The van der Waals surface area contributed by atoms with Crippen molar-refractivity contribution in [3.63, 3.8) is 0 Å². The lowest BCUT2D eigenvalue weighted by molar-refractivity contribution is -0.167. The fourth-order valence-electron chi connectivity index (χ4n) is 6.01. The molecule has 0 bridgehead atoms. The van der Waals surface area contributed by atoms with Crippen molar-refractivity contribution in [2.45, 2.75) is 194 Å². The van der Waals surface area contributed by atoms with Gasteiger partial charge in [-0.2, -0.15) is 0 Å². The van der Waals surface area contributed by atoms with E-state index in [4.69, 9.17) is 14.2 Å². The summed E-state index contributed by atoms with van der Waals surface area (Å²) in [5.74, 6) is -1.00. The number of esters is 3. The standard InChI is InChI=1S/C55H86O6/c1-4-7-10-13-16-19-22-25-27-28-31-33-36-39-42-45-48-54(57)60-51-52(50-59-53(56)47-44-41-38-35-32-29-24-21-18-15-12-9-6-3)61-55(58)49-46-43-40-37-34-30-26-23-20-17-14-11-8-5-2/h7-12,15-21,24-25,27,29,31-33,52H,4-6,13-14,22-23,26,28,30,34-51H2,1-3H3/b10-7-,11-8-,12-9-,18-15-,19-16-,20-17-,24-21-,27-25-,32-29-,33-31-. The third kappa shape index (κ3) is 46.7. The summed E-state index contributed by atoms with van der Waals surface area (Å²) in [5, 5.41) is 0. The highest BCUT2D eigenvalue weighted by atomic mass is 16.6. The van der Waals surface area contributed by atoms with E-state index in [1.165, 1.54) is 25.7 Å². The van der Waals surface area contributed by atoms with E-state index in [1.807, 2.05) is 36.5 Å². The molecule has 0 aliphatic carbocycles. The number of carbonyl (C=O) groups excluding carboxylic acids is 3. The van der Waals surface area contributed by atoms with Crippen LogP contribution in [-0.4, -0.2) is 37.2 Å². The first kappa shape index (κ1) is 56.8. The van der Waals surface area contributed by atoms with Crippen LogP contribution in [0.15, 0.2) is 122 Å². The zero-order valence-electron chi connectivity index (χ0n) is 38.9. The van der Waals surface area contributed by atoms with Crippen LogP contribution < -0.4 is 0 Å². The maximum absolute atomic E-state index is 12.8. The summed E-state index contributed by atoms with van der Waals surface area (Å²) in [6.07, 6.45) is 66.1. The van der Waals surface area contributed by atoms with E-state index in [-0.39, 0.29) is 31.1 Å². The molecule has 0 saturated carbocycles. The predicted molar refractivity (Wildman–Crippen MR) is 260 cm³/mol. The fraction of sp³-hybridized carbons (Fsp3) is 0.582. The van der Waals surface area contributed by atoms with Crippen molar-refractivity contribution in [2.75, 3.05) is 13.2 Å². The molecule has 0 N–H and O–H groups in total. The maximum atomic E-state index is 12.8. The second-order valence-corrected chi connectivity index (χ2v) is 15.3. The van der Waals surface area contributed by atoms with Crippen LogP contribution in [-0.2, 0) is 28.6 Å². The fourth-order valence-corrected chi connectivity index (χ4v) is 6.01. The first-order valence-corrected chi connectivity index (χ1v) is 24.1. The second-order valence-electron chi connectivity index (χ2n) is 15.3. The summed E-state index contributed by atoms with van der Waals surface area (Å²) >= 11 is 0. The minimum absolute atomic E-state index is 0.115. The highest BCUT2D eigenvalue weighted by molar-refractivity contribution is 5.71. The lowest BCUT2D eigenvalue weighted by Crippen LogP contribution is -2.30. The maximum Gasteiger partial charge on any atom is 0.306 e. The number of rotatable bonds is 41. The first-order valence-electron chi connectivity index (χ1n) is 24.1. The van der Waals surface area contributed by atoms with E-state index in [0.717, 1.165) is 122 Å². The number of ether oxygens (including phenoxy) is 3. The number of hydrogen-bond acceptors (Lipinski definition) is 6. The van der Waals surface area contributed by atoms with Crippen LogP contribution in [0.4, 0.5) is 0 Å². The van der Waals surface area contributed by atoms with E-state index in [1.54, 1.807) is 0 Å². The third-order valence-electron chi connectivity index (χ3n) is 9.54.